The molecule has 0 bridgehead atoms. The van der Waals surface area contributed by atoms with Crippen LogP contribution < -0.4 is 0 Å². The lowest BCUT2D eigenvalue weighted by Crippen LogP contribution is -2.25. The average Bonchev–Trinajstić information content (AvgIpc) is 1.84. The van der Waals surface area contributed by atoms with E-state index in [1.807, 2.05) is 0 Å². The second-order valence-electron chi connectivity index (χ2n) is 3.09. The molecule has 0 rings (SSSR count). The smallest absolute Gasteiger partial charge is 0.301 e. The van der Waals surface area contributed by atoms with Crippen LogP contribution in [0.3, 0.4) is 0 Å². The summed E-state index contributed by atoms with van der Waals surface area (Å²) in [6.45, 7) is 6.24. The number of ether oxygens (including phenoxy) is 2. The zero-order valence-corrected chi connectivity index (χ0v) is 8.80. The molecule has 0 saturated heterocycles. The molecule has 0 amide bonds. The van der Waals surface area contributed by atoms with Crippen molar-refractivity contribution in [3.05, 3.63) is 12.2 Å². The van der Waals surface area contributed by atoms with Gasteiger partial charge in [0.1, 0.15) is 0 Å². The van der Waals surface area contributed by atoms with Crippen molar-refractivity contribution in [2.45, 2.75) is 19.6 Å². The third-order valence-corrected chi connectivity index (χ3v) is 1.64. The molecule has 0 aromatic rings. The Balaban J connectivity index is 3.99. The third-order valence-electron chi connectivity index (χ3n) is 0.822. The molecular formula is C7H16O3Si. The van der Waals surface area contributed by atoms with Crippen LogP contribution in [0.4, 0.5) is 0 Å². The Bertz CT molecular complexity index is 137. The van der Waals surface area contributed by atoms with E-state index in [-0.39, 0.29) is 0 Å². The van der Waals surface area contributed by atoms with Gasteiger partial charge in [0.15, 0.2) is 6.26 Å². The van der Waals surface area contributed by atoms with Crippen molar-refractivity contribution in [3.8, 4) is 0 Å². The fourth-order valence-corrected chi connectivity index (χ4v) is 1.25. The molecule has 3 nitrogen and oxygen atoms in total. The molecule has 0 unspecified atom stereocenters. The van der Waals surface area contributed by atoms with E-state index in [4.69, 9.17) is 13.9 Å². The van der Waals surface area contributed by atoms with Gasteiger partial charge in [-0.3, -0.25) is 0 Å². The molecule has 0 aromatic carbocycles. The lowest BCUT2D eigenvalue weighted by atomic mass is 11.0. The Morgan fingerprint density at radius 1 is 1.18 bits per heavy atom. The number of rotatable bonds is 4. The van der Waals surface area contributed by atoms with Gasteiger partial charge in [0.25, 0.3) is 0 Å². The molecular weight excluding hydrogens is 160 g/mol. The van der Waals surface area contributed by atoms with Crippen molar-refractivity contribution in [2.24, 2.45) is 0 Å². The predicted molar refractivity (Wildman–Crippen MR) is 46.5 cm³/mol. The first kappa shape index (κ1) is 10.4. The van der Waals surface area contributed by atoms with E-state index >= 15 is 0 Å². The molecule has 0 heterocycles. The summed E-state index contributed by atoms with van der Waals surface area (Å²) in [5.74, 6) is 0.451. The van der Waals surface area contributed by atoms with E-state index in [9.17, 15) is 0 Å². The minimum atomic E-state index is -1.55. The van der Waals surface area contributed by atoms with Crippen molar-refractivity contribution in [1.82, 2.24) is 0 Å². The zero-order valence-electron chi connectivity index (χ0n) is 7.80. The highest BCUT2D eigenvalue weighted by atomic mass is 28.4. The molecule has 0 fully saturated rings. The van der Waals surface area contributed by atoms with Crippen LogP contribution in [0, 0.1) is 0 Å². The summed E-state index contributed by atoms with van der Waals surface area (Å²) in [6, 6.07) is 0. The highest BCUT2D eigenvalue weighted by Crippen LogP contribution is 2.10. The van der Waals surface area contributed by atoms with Crippen molar-refractivity contribution in [2.75, 3.05) is 14.2 Å². The highest BCUT2D eigenvalue weighted by Gasteiger charge is 2.18. The van der Waals surface area contributed by atoms with Crippen molar-refractivity contribution in [3.63, 3.8) is 0 Å². The molecule has 0 aliphatic rings. The number of hydrogen-bond donors (Lipinski definition) is 0. The summed E-state index contributed by atoms with van der Waals surface area (Å²) >= 11 is 0. The quantitative estimate of drug-likeness (QED) is 0.484. The predicted octanol–water partition coefficient (Wildman–Crippen LogP) is 1.93. The zero-order chi connectivity index (χ0) is 8.91. The summed E-state index contributed by atoms with van der Waals surface area (Å²) in [7, 11) is 1.57. The van der Waals surface area contributed by atoms with Gasteiger partial charge in [-0.1, -0.05) is 0 Å². The molecule has 11 heavy (non-hydrogen) atoms. The van der Waals surface area contributed by atoms with Gasteiger partial charge >= 0.3 is 5.95 Å². The standard InChI is InChI=1S/C7H16O3Si/c1-8-6-7(9-2)10-11(3,4)5/h6H,1-5H3/b7-6-. The Morgan fingerprint density at radius 2 is 1.73 bits per heavy atom. The van der Waals surface area contributed by atoms with Crippen LogP contribution in [0.5, 0.6) is 0 Å². The molecule has 0 saturated carbocycles. The first-order valence-corrected chi connectivity index (χ1v) is 6.86. The monoisotopic (exact) mass is 176 g/mol. The molecule has 0 atom stereocenters. The second-order valence-corrected chi connectivity index (χ2v) is 7.52. The molecule has 0 N–H and O–H groups in total. The summed E-state index contributed by atoms with van der Waals surface area (Å²) in [5.41, 5.74) is 0. The van der Waals surface area contributed by atoms with E-state index in [2.05, 4.69) is 19.6 Å². The molecule has 66 valence electrons. The van der Waals surface area contributed by atoms with Gasteiger partial charge in [-0.15, -0.1) is 0 Å². The molecule has 4 heteroatoms. The van der Waals surface area contributed by atoms with Gasteiger partial charge in [0.05, 0.1) is 14.2 Å². The van der Waals surface area contributed by atoms with Gasteiger partial charge < -0.3 is 13.9 Å². The lowest BCUT2D eigenvalue weighted by molar-refractivity contribution is 0.126. The van der Waals surface area contributed by atoms with Crippen LogP contribution in [0.1, 0.15) is 0 Å². The maximum atomic E-state index is 5.48. The summed E-state index contributed by atoms with van der Waals surface area (Å²) in [5, 5.41) is 0. The average molecular weight is 176 g/mol. The fraction of sp³-hybridized carbons (Fsp3) is 0.714. The topological polar surface area (TPSA) is 27.7 Å². The first-order valence-electron chi connectivity index (χ1n) is 3.45. The van der Waals surface area contributed by atoms with Gasteiger partial charge in [0, 0.05) is 0 Å². The minimum absolute atomic E-state index is 0.451. The Labute approximate surface area is 69.1 Å². The second kappa shape index (κ2) is 4.28. The van der Waals surface area contributed by atoms with Crippen LogP contribution in [-0.4, -0.2) is 22.5 Å². The van der Waals surface area contributed by atoms with Crippen LogP contribution in [-0.2, 0) is 13.9 Å². The largest absolute Gasteiger partial charge is 0.518 e. The lowest BCUT2D eigenvalue weighted by Gasteiger charge is -2.19. The molecule has 0 aliphatic carbocycles. The fourth-order valence-electron chi connectivity index (χ4n) is 0.512. The molecule has 0 radical (unpaired) electrons. The van der Waals surface area contributed by atoms with Gasteiger partial charge in [0.2, 0.25) is 8.32 Å². The van der Waals surface area contributed by atoms with Gasteiger partial charge in [-0.25, -0.2) is 0 Å². The van der Waals surface area contributed by atoms with Crippen LogP contribution in [0.25, 0.3) is 0 Å². The van der Waals surface area contributed by atoms with Crippen LogP contribution >= 0.6 is 0 Å². The van der Waals surface area contributed by atoms with Crippen molar-refractivity contribution in [1.29, 1.82) is 0 Å². The Hall–Kier alpha value is -0.643. The summed E-state index contributed by atoms with van der Waals surface area (Å²) in [6.07, 6.45) is 1.46. The van der Waals surface area contributed by atoms with E-state index in [1.165, 1.54) is 6.26 Å². The van der Waals surface area contributed by atoms with Crippen LogP contribution in [0.2, 0.25) is 19.6 Å². The summed E-state index contributed by atoms with van der Waals surface area (Å²) < 4.78 is 15.1. The maximum absolute atomic E-state index is 5.48. The molecule has 0 aliphatic heterocycles. The Morgan fingerprint density at radius 3 is 2.00 bits per heavy atom. The Kier molecular flexibility index (Phi) is 4.03. The van der Waals surface area contributed by atoms with Crippen molar-refractivity contribution < 1.29 is 13.9 Å². The van der Waals surface area contributed by atoms with Crippen molar-refractivity contribution >= 4 is 8.32 Å². The van der Waals surface area contributed by atoms with Gasteiger partial charge in [-0.2, -0.15) is 0 Å². The summed E-state index contributed by atoms with van der Waals surface area (Å²) in [4.78, 5) is 0. The SMILES string of the molecule is CO/C=C(/OC)O[Si](C)(C)C. The van der Waals surface area contributed by atoms with Crippen LogP contribution in [0.15, 0.2) is 12.2 Å². The highest BCUT2D eigenvalue weighted by molar-refractivity contribution is 6.69. The molecule has 0 spiro atoms. The van der Waals surface area contributed by atoms with Gasteiger partial charge in [-0.05, 0) is 19.6 Å². The maximum Gasteiger partial charge on any atom is 0.301 e. The first-order chi connectivity index (χ1) is 4.99. The van der Waals surface area contributed by atoms with E-state index < -0.39 is 8.32 Å². The minimum Gasteiger partial charge on any atom is -0.518 e. The van der Waals surface area contributed by atoms with E-state index in [1.54, 1.807) is 14.2 Å². The van der Waals surface area contributed by atoms with E-state index in [0.717, 1.165) is 0 Å². The number of methoxy groups -OCH3 is 2. The normalized spacial score (nSPS) is 12.6. The number of hydrogen-bond acceptors (Lipinski definition) is 3. The third kappa shape index (κ3) is 5.78. The van der Waals surface area contributed by atoms with E-state index in [0.29, 0.717) is 5.95 Å². The molecule has 0 aromatic heterocycles.